The van der Waals surface area contributed by atoms with Gasteiger partial charge in [-0.05, 0) is 67.1 Å². The molecule has 25 heavy (non-hydrogen) atoms. The van der Waals surface area contributed by atoms with E-state index in [0.29, 0.717) is 17.9 Å². The normalized spacial score (nSPS) is 24.4. The smallest absolute Gasteiger partial charge is 0.201 e. The van der Waals surface area contributed by atoms with Gasteiger partial charge in [0.1, 0.15) is 5.75 Å². The Hall–Kier alpha value is -1.94. The highest BCUT2D eigenvalue weighted by molar-refractivity contribution is 6.05. The van der Waals surface area contributed by atoms with Gasteiger partial charge in [0, 0.05) is 18.7 Å². The van der Waals surface area contributed by atoms with Crippen molar-refractivity contribution in [2.24, 2.45) is 5.92 Å². The molecule has 2 aromatic rings. The lowest BCUT2D eigenvalue weighted by Gasteiger charge is -2.36. The Morgan fingerprint density at radius 2 is 2.00 bits per heavy atom. The molecule has 0 spiro atoms. The van der Waals surface area contributed by atoms with Gasteiger partial charge in [-0.25, -0.2) is 4.39 Å². The highest BCUT2D eigenvalue weighted by Gasteiger charge is 2.43. The van der Waals surface area contributed by atoms with Crippen molar-refractivity contribution in [3.63, 3.8) is 0 Å². The average Bonchev–Trinajstić information content (AvgIpc) is 3.44. The molecule has 3 nitrogen and oxygen atoms in total. The first kappa shape index (κ1) is 16.5. The van der Waals surface area contributed by atoms with Crippen LogP contribution >= 0.6 is 0 Å². The quantitative estimate of drug-likeness (QED) is 0.762. The second-order valence-corrected chi connectivity index (χ2v) is 7.50. The molecule has 4 heteroatoms. The van der Waals surface area contributed by atoms with Gasteiger partial charge in [0.15, 0.2) is 5.67 Å². The molecule has 0 bridgehead atoms. The lowest BCUT2D eigenvalue weighted by atomic mass is 9.86. The molecule has 0 amide bonds. The number of ether oxygens (including phenoxy) is 1. The number of rotatable bonds is 5. The summed E-state index contributed by atoms with van der Waals surface area (Å²) in [4.78, 5) is 15.1. The number of hydrogen-bond acceptors (Lipinski definition) is 3. The monoisotopic (exact) mass is 341 g/mol. The Morgan fingerprint density at radius 1 is 1.24 bits per heavy atom. The molecule has 2 aromatic carbocycles. The third kappa shape index (κ3) is 3.40. The predicted molar refractivity (Wildman–Crippen MR) is 97.1 cm³/mol. The molecule has 1 heterocycles. The number of hydrogen-bond donors (Lipinski definition) is 0. The summed E-state index contributed by atoms with van der Waals surface area (Å²) in [5.74, 6) is 1.12. The Kier molecular flexibility index (Phi) is 4.24. The average molecular weight is 341 g/mol. The maximum atomic E-state index is 15.5. The molecule has 0 N–H and O–H groups in total. The van der Waals surface area contributed by atoms with E-state index in [-0.39, 0.29) is 12.3 Å². The van der Waals surface area contributed by atoms with Crippen molar-refractivity contribution in [1.82, 2.24) is 4.90 Å². The molecule has 0 radical (unpaired) electrons. The zero-order valence-corrected chi connectivity index (χ0v) is 14.6. The van der Waals surface area contributed by atoms with E-state index in [1.54, 1.807) is 19.2 Å². The molecule has 132 valence electrons. The molecule has 0 aromatic heterocycles. The van der Waals surface area contributed by atoms with Crippen LogP contribution in [0.4, 0.5) is 4.39 Å². The van der Waals surface area contributed by atoms with Crippen molar-refractivity contribution in [2.75, 3.05) is 26.7 Å². The summed E-state index contributed by atoms with van der Waals surface area (Å²) in [6.07, 6.45) is 3.57. The topological polar surface area (TPSA) is 29.5 Å². The van der Waals surface area contributed by atoms with Crippen LogP contribution in [0.15, 0.2) is 36.4 Å². The van der Waals surface area contributed by atoms with E-state index >= 15 is 4.39 Å². The Labute approximate surface area is 147 Å². The van der Waals surface area contributed by atoms with Crippen molar-refractivity contribution < 1.29 is 13.9 Å². The lowest BCUT2D eigenvalue weighted by Crippen LogP contribution is -2.50. The van der Waals surface area contributed by atoms with Crippen LogP contribution in [0.1, 0.15) is 36.0 Å². The van der Waals surface area contributed by atoms with E-state index < -0.39 is 5.67 Å². The van der Waals surface area contributed by atoms with Crippen LogP contribution in [0, 0.1) is 5.92 Å². The van der Waals surface area contributed by atoms with Crippen molar-refractivity contribution in [3.05, 3.63) is 42.0 Å². The molecule has 2 fully saturated rings. The fourth-order valence-corrected chi connectivity index (χ4v) is 3.85. The van der Waals surface area contributed by atoms with Gasteiger partial charge < -0.3 is 4.74 Å². The van der Waals surface area contributed by atoms with Gasteiger partial charge in [-0.3, -0.25) is 9.69 Å². The maximum absolute atomic E-state index is 15.5. The number of benzene rings is 2. The summed E-state index contributed by atoms with van der Waals surface area (Å²) in [6, 6.07) is 11.1. The molecule has 2 aliphatic rings. The molecule has 1 atom stereocenters. The molecule has 0 unspecified atom stereocenters. The van der Waals surface area contributed by atoms with Crippen LogP contribution < -0.4 is 4.74 Å². The van der Waals surface area contributed by atoms with E-state index in [0.717, 1.165) is 36.0 Å². The van der Waals surface area contributed by atoms with Crippen LogP contribution in [-0.4, -0.2) is 43.1 Å². The Balaban J connectivity index is 1.57. The molecule has 1 aliphatic carbocycles. The molecule has 4 rings (SSSR count). The van der Waals surface area contributed by atoms with Gasteiger partial charge in [-0.15, -0.1) is 0 Å². The SMILES string of the molecule is COc1ccc2cc(C(=O)[C@@]3(F)CCCN(CC4CC4)C3)ccc2c1. The largest absolute Gasteiger partial charge is 0.497 e. The number of piperidine rings is 1. The molecular formula is C21H24FNO2. The van der Waals surface area contributed by atoms with Crippen LogP contribution in [0.5, 0.6) is 5.75 Å². The Morgan fingerprint density at radius 3 is 2.76 bits per heavy atom. The fraction of sp³-hybridized carbons (Fsp3) is 0.476. The van der Waals surface area contributed by atoms with Gasteiger partial charge in [0.2, 0.25) is 5.78 Å². The van der Waals surface area contributed by atoms with E-state index in [1.165, 1.54) is 12.8 Å². The van der Waals surface area contributed by atoms with Crippen LogP contribution in [0.2, 0.25) is 0 Å². The Bertz CT molecular complexity index is 802. The number of likely N-dealkylation sites (tertiary alicyclic amines) is 1. The number of fused-ring (bicyclic) bond motifs is 1. The number of ketones is 1. The minimum Gasteiger partial charge on any atom is -0.497 e. The summed E-state index contributed by atoms with van der Waals surface area (Å²) < 4.78 is 20.7. The summed E-state index contributed by atoms with van der Waals surface area (Å²) >= 11 is 0. The summed E-state index contributed by atoms with van der Waals surface area (Å²) in [5, 5.41) is 1.92. The number of alkyl halides is 1. The van der Waals surface area contributed by atoms with Crippen molar-refractivity contribution >= 4 is 16.6 Å². The van der Waals surface area contributed by atoms with Crippen LogP contribution in [-0.2, 0) is 0 Å². The molecule has 1 saturated heterocycles. The van der Waals surface area contributed by atoms with E-state index in [2.05, 4.69) is 4.90 Å². The van der Waals surface area contributed by atoms with Crippen LogP contribution in [0.3, 0.4) is 0 Å². The highest BCUT2D eigenvalue weighted by atomic mass is 19.1. The van der Waals surface area contributed by atoms with Gasteiger partial charge in [0.25, 0.3) is 0 Å². The molecule has 1 aliphatic heterocycles. The standard InChI is InChI=1S/C21H24FNO2/c1-25-19-8-7-16-11-18(6-5-17(16)12-19)20(24)21(22)9-2-10-23(14-21)13-15-3-4-15/h5-8,11-12,15H,2-4,9-10,13-14H2,1H3/t21-/m1/s1. The van der Waals surface area contributed by atoms with Gasteiger partial charge >= 0.3 is 0 Å². The minimum atomic E-state index is -1.76. The third-order valence-electron chi connectivity index (χ3n) is 5.45. The number of carbonyl (C=O) groups excluding carboxylic acids is 1. The van der Waals surface area contributed by atoms with Crippen molar-refractivity contribution in [2.45, 2.75) is 31.4 Å². The summed E-state index contributed by atoms with van der Waals surface area (Å²) in [7, 11) is 1.63. The number of halogens is 1. The van der Waals surface area contributed by atoms with E-state index in [4.69, 9.17) is 4.74 Å². The number of methoxy groups -OCH3 is 1. The molecular weight excluding hydrogens is 317 g/mol. The van der Waals surface area contributed by atoms with E-state index in [9.17, 15) is 4.79 Å². The maximum Gasteiger partial charge on any atom is 0.201 e. The summed E-state index contributed by atoms with van der Waals surface area (Å²) in [5.41, 5.74) is -1.29. The zero-order valence-electron chi connectivity index (χ0n) is 14.6. The van der Waals surface area contributed by atoms with Crippen molar-refractivity contribution in [3.8, 4) is 5.75 Å². The number of carbonyl (C=O) groups is 1. The number of nitrogens with zero attached hydrogens (tertiary/aromatic N) is 1. The highest BCUT2D eigenvalue weighted by Crippen LogP contribution is 2.35. The lowest BCUT2D eigenvalue weighted by molar-refractivity contribution is 0.0343. The first-order valence-corrected chi connectivity index (χ1v) is 9.11. The zero-order chi connectivity index (χ0) is 17.4. The van der Waals surface area contributed by atoms with Gasteiger partial charge in [-0.2, -0.15) is 0 Å². The van der Waals surface area contributed by atoms with Gasteiger partial charge in [0.05, 0.1) is 7.11 Å². The van der Waals surface area contributed by atoms with Crippen LogP contribution in [0.25, 0.3) is 10.8 Å². The first-order valence-electron chi connectivity index (χ1n) is 9.11. The number of Topliss-reactive ketones (excluding diaryl/α,β-unsaturated/α-hetero) is 1. The molecule has 1 saturated carbocycles. The second-order valence-electron chi connectivity index (χ2n) is 7.50. The second kappa shape index (κ2) is 6.41. The summed E-state index contributed by atoms with van der Waals surface area (Å²) in [6.45, 7) is 2.09. The van der Waals surface area contributed by atoms with Crippen molar-refractivity contribution in [1.29, 1.82) is 0 Å². The predicted octanol–water partition coefficient (Wildman–Crippen LogP) is 4.25. The van der Waals surface area contributed by atoms with E-state index in [1.807, 2.05) is 24.3 Å². The first-order chi connectivity index (χ1) is 12.1. The third-order valence-corrected chi connectivity index (χ3v) is 5.45. The van der Waals surface area contributed by atoms with Gasteiger partial charge in [-0.1, -0.05) is 18.2 Å². The minimum absolute atomic E-state index is 0.239. The fourth-order valence-electron chi connectivity index (χ4n) is 3.85.